The number of phenols is 1. The largest absolute Gasteiger partial charge is 0.507 e. The van der Waals surface area contributed by atoms with Gasteiger partial charge in [-0.25, -0.2) is 0 Å². The molecule has 0 fully saturated rings. The molecule has 3 rings (SSSR count). The molecular weight excluding hydrogens is 292 g/mol. The predicted molar refractivity (Wildman–Crippen MR) is 85.8 cm³/mol. The molecule has 3 aromatic rings. The first kappa shape index (κ1) is 14.8. The van der Waals surface area contributed by atoms with Crippen LogP contribution < -0.4 is 0 Å². The number of para-hydroxylation sites is 1. The number of rotatable bonds is 4. The molecule has 23 heavy (non-hydrogen) atoms. The van der Waals surface area contributed by atoms with Gasteiger partial charge in [-0.15, -0.1) is 0 Å². The molecule has 0 saturated carbocycles. The molecule has 1 amide bonds. The van der Waals surface area contributed by atoms with Crippen LogP contribution in [0.15, 0.2) is 65.2 Å². The Morgan fingerprint density at radius 2 is 1.83 bits per heavy atom. The van der Waals surface area contributed by atoms with Gasteiger partial charge in [0.2, 0.25) is 0 Å². The fourth-order valence-corrected chi connectivity index (χ4v) is 2.31. The summed E-state index contributed by atoms with van der Waals surface area (Å²) in [5, 5.41) is 13.7. The molecular formula is C18H16N2O3. The Bertz CT molecular complexity index is 812. The Hall–Kier alpha value is -3.08. The van der Waals surface area contributed by atoms with Gasteiger partial charge in [-0.3, -0.25) is 4.79 Å². The van der Waals surface area contributed by atoms with Crippen molar-refractivity contribution < 1.29 is 14.4 Å². The molecule has 0 saturated heterocycles. The minimum Gasteiger partial charge on any atom is -0.507 e. The van der Waals surface area contributed by atoms with Crippen LogP contribution in [0.25, 0.3) is 11.3 Å². The summed E-state index contributed by atoms with van der Waals surface area (Å²) in [7, 11) is 1.71. The molecule has 0 bridgehead atoms. The van der Waals surface area contributed by atoms with Crippen molar-refractivity contribution in [3.63, 3.8) is 0 Å². The van der Waals surface area contributed by atoms with Crippen molar-refractivity contribution >= 4 is 5.91 Å². The number of benzene rings is 2. The molecule has 2 aromatic carbocycles. The van der Waals surface area contributed by atoms with E-state index in [1.807, 2.05) is 30.3 Å². The second kappa shape index (κ2) is 6.36. The number of carbonyl (C=O) groups excluding carboxylic acids is 1. The Morgan fingerprint density at radius 3 is 2.57 bits per heavy atom. The highest BCUT2D eigenvalue weighted by atomic mass is 16.5. The van der Waals surface area contributed by atoms with E-state index in [1.165, 1.54) is 0 Å². The SMILES string of the molecule is CN(Cc1ccccc1)C(=O)c1cc(-c2ccccc2O)on1. The van der Waals surface area contributed by atoms with Gasteiger partial charge in [0.05, 0.1) is 5.56 Å². The van der Waals surface area contributed by atoms with Gasteiger partial charge in [-0.05, 0) is 17.7 Å². The van der Waals surface area contributed by atoms with Crippen molar-refractivity contribution in [1.82, 2.24) is 10.1 Å². The maximum atomic E-state index is 12.4. The first-order chi connectivity index (χ1) is 11.1. The smallest absolute Gasteiger partial charge is 0.276 e. The zero-order valence-corrected chi connectivity index (χ0v) is 12.6. The Morgan fingerprint density at radius 1 is 1.13 bits per heavy atom. The highest BCUT2D eigenvalue weighted by Gasteiger charge is 2.18. The van der Waals surface area contributed by atoms with Gasteiger partial charge in [-0.1, -0.05) is 47.6 Å². The van der Waals surface area contributed by atoms with E-state index in [9.17, 15) is 9.90 Å². The number of phenolic OH excluding ortho intramolecular Hbond substituents is 1. The molecule has 0 radical (unpaired) electrons. The molecule has 0 aliphatic carbocycles. The Labute approximate surface area is 133 Å². The van der Waals surface area contributed by atoms with Crippen LogP contribution in [-0.2, 0) is 6.54 Å². The van der Waals surface area contributed by atoms with Crippen LogP contribution in [0, 0.1) is 0 Å². The second-order valence-corrected chi connectivity index (χ2v) is 5.24. The summed E-state index contributed by atoms with van der Waals surface area (Å²) < 4.78 is 5.20. The van der Waals surface area contributed by atoms with Gasteiger partial charge in [0, 0.05) is 19.7 Å². The lowest BCUT2D eigenvalue weighted by molar-refractivity contribution is 0.0775. The summed E-state index contributed by atoms with van der Waals surface area (Å²) in [5.74, 6) is 0.208. The van der Waals surface area contributed by atoms with E-state index in [0.29, 0.717) is 17.9 Å². The molecule has 0 atom stereocenters. The highest BCUT2D eigenvalue weighted by Crippen LogP contribution is 2.29. The summed E-state index contributed by atoms with van der Waals surface area (Å²) in [4.78, 5) is 14.0. The highest BCUT2D eigenvalue weighted by molar-refractivity contribution is 5.93. The average molecular weight is 308 g/mol. The van der Waals surface area contributed by atoms with E-state index in [0.717, 1.165) is 5.56 Å². The van der Waals surface area contributed by atoms with Crippen LogP contribution in [0.1, 0.15) is 16.1 Å². The Balaban J connectivity index is 1.77. The van der Waals surface area contributed by atoms with Crippen molar-refractivity contribution in [2.45, 2.75) is 6.54 Å². The molecule has 1 aromatic heterocycles. The monoisotopic (exact) mass is 308 g/mol. The summed E-state index contributed by atoms with van der Waals surface area (Å²) in [6.07, 6.45) is 0. The van der Waals surface area contributed by atoms with Gasteiger partial charge >= 0.3 is 0 Å². The summed E-state index contributed by atoms with van der Waals surface area (Å²) in [5.41, 5.74) is 1.75. The lowest BCUT2D eigenvalue weighted by Crippen LogP contribution is -2.26. The number of aromatic hydroxyl groups is 1. The molecule has 0 aliphatic rings. The zero-order valence-electron chi connectivity index (χ0n) is 12.6. The average Bonchev–Trinajstić information content (AvgIpc) is 3.05. The van der Waals surface area contributed by atoms with Crippen molar-refractivity contribution in [3.8, 4) is 17.1 Å². The van der Waals surface area contributed by atoms with Gasteiger partial charge in [-0.2, -0.15) is 0 Å². The van der Waals surface area contributed by atoms with E-state index >= 15 is 0 Å². The summed E-state index contributed by atoms with van der Waals surface area (Å²) in [6.45, 7) is 0.485. The molecule has 5 heteroatoms. The van der Waals surface area contributed by atoms with Gasteiger partial charge in [0.1, 0.15) is 5.75 Å². The Kier molecular flexibility index (Phi) is 4.10. The third-order valence-electron chi connectivity index (χ3n) is 3.51. The van der Waals surface area contributed by atoms with Crippen LogP contribution in [0.5, 0.6) is 5.75 Å². The summed E-state index contributed by atoms with van der Waals surface area (Å²) in [6, 6.07) is 18.0. The van der Waals surface area contributed by atoms with Crippen LogP contribution in [0.2, 0.25) is 0 Å². The van der Waals surface area contributed by atoms with Crippen molar-refractivity contribution in [1.29, 1.82) is 0 Å². The van der Waals surface area contributed by atoms with Gasteiger partial charge in [0.25, 0.3) is 5.91 Å². The van der Waals surface area contributed by atoms with E-state index in [2.05, 4.69) is 5.16 Å². The van der Waals surface area contributed by atoms with Crippen molar-refractivity contribution in [2.75, 3.05) is 7.05 Å². The van der Waals surface area contributed by atoms with Gasteiger partial charge in [0.15, 0.2) is 11.5 Å². The fraction of sp³-hybridized carbons (Fsp3) is 0.111. The number of aromatic nitrogens is 1. The van der Waals surface area contributed by atoms with E-state index in [4.69, 9.17) is 4.52 Å². The molecule has 0 spiro atoms. The second-order valence-electron chi connectivity index (χ2n) is 5.24. The first-order valence-corrected chi connectivity index (χ1v) is 7.19. The van der Waals surface area contributed by atoms with Crippen molar-refractivity contribution in [2.24, 2.45) is 0 Å². The summed E-state index contributed by atoms with van der Waals surface area (Å²) >= 11 is 0. The minimum atomic E-state index is -0.237. The molecule has 1 N–H and O–H groups in total. The van der Waals surface area contributed by atoms with Crippen LogP contribution in [0.4, 0.5) is 0 Å². The van der Waals surface area contributed by atoms with Gasteiger partial charge < -0.3 is 14.5 Å². The quantitative estimate of drug-likeness (QED) is 0.803. The number of nitrogens with zero attached hydrogens (tertiary/aromatic N) is 2. The lowest BCUT2D eigenvalue weighted by Gasteiger charge is -2.15. The third-order valence-corrected chi connectivity index (χ3v) is 3.51. The van der Waals surface area contributed by atoms with E-state index in [-0.39, 0.29) is 17.4 Å². The number of hydrogen-bond acceptors (Lipinski definition) is 4. The third kappa shape index (κ3) is 3.23. The molecule has 0 unspecified atom stereocenters. The normalized spacial score (nSPS) is 10.5. The molecule has 116 valence electrons. The standard InChI is InChI=1S/C18H16N2O3/c1-20(12-13-7-3-2-4-8-13)18(22)15-11-17(23-19-15)14-9-5-6-10-16(14)21/h2-11,21H,12H2,1H3. The predicted octanol–water partition coefficient (Wildman–Crippen LogP) is 3.32. The lowest BCUT2D eigenvalue weighted by atomic mass is 10.1. The zero-order chi connectivity index (χ0) is 16.2. The van der Waals surface area contributed by atoms with Crippen LogP contribution in [0.3, 0.4) is 0 Å². The minimum absolute atomic E-state index is 0.0836. The van der Waals surface area contributed by atoms with E-state index in [1.54, 1.807) is 42.3 Å². The van der Waals surface area contributed by atoms with Crippen LogP contribution >= 0.6 is 0 Å². The fourth-order valence-electron chi connectivity index (χ4n) is 2.31. The number of amides is 1. The number of hydrogen-bond donors (Lipinski definition) is 1. The molecule has 0 aliphatic heterocycles. The molecule has 5 nitrogen and oxygen atoms in total. The van der Waals surface area contributed by atoms with E-state index < -0.39 is 0 Å². The maximum absolute atomic E-state index is 12.4. The first-order valence-electron chi connectivity index (χ1n) is 7.19. The number of carbonyl (C=O) groups is 1. The van der Waals surface area contributed by atoms with Crippen LogP contribution in [-0.4, -0.2) is 28.1 Å². The maximum Gasteiger partial charge on any atom is 0.276 e. The topological polar surface area (TPSA) is 66.6 Å². The van der Waals surface area contributed by atoms with Crippen molar-refractivity contribution in [3.05, 3.63) is 71.9 Å². The molecule has 1 heterocycles.